The van der Waals surface area contributed by atoms with Crippen molar-refractivity contribution in [1.29, 1.82) is 0 Å². The highest BCUT2D eigenvalue weighted by Gasteiger charge is 2.29. The van der Waals surface area contributed by atoms with Crippen molar-refractivity contribution in [2.75, 3.05) is 7.11 Å². The number of primary amides is 1. The molecule has 0 aliphatic carbocycles. The molecule has 150 valence electrons. The summed E-state index contributed by atoms with van der Waals surface area (Å²) in [5.41, 5.74) is 3.53. The molecule has 2 aromatic carbocycles. The molecule has 0 saturated carbocycles. The van der Waals surface area contributed by atoms with Gasteiger partial charge in [0.15, 0.2) is 33.1 Å². The van der Waals surface area contributed by atoms with Crippen molar-refractivity contribution >= 4 is 21.8 Å². The van der Waals surface area contributed by atoms with Crippen molar-refractivity contribution in [2.45, 2.75) is 5.75 Å². The fourth-order valence-electron chi connectivity index (χ4n) is 2.21. The van der Waals surface area contributed by atoms with Crippen molar-refractivity contribution in [3.63, 3.8) is 0 Å². The van der Waals surface area contributed by atoms with Crippen LogP contribution in [-0.4, -0.2) is 21.4 Å². The van der Waals surface area contributed by atoms with E-state index in [1.807, 2.05) is 0 Å². The quantitative estimate of drug-likeness (QED) is 0.336. The summed E-state index contributed by atoms with van der Waals surface area (Å²) < 4.78 is 97.1. The van der Waals surface area contributed by atoms with Crippen LogP contribution in [0.4, 0.5) is 22.0 Å². The third kappa shape index (κ3) is 4.14. The number of carbonyl (C=O) groups is 1. The van der Waals surface area contributed by atoms with E-state index in [2.05, 4.69) is 0 Å². The molecular weight excluding hydrogens is 409 g/mol. The Labute approximate surface area is 156 Å². The SMILES string of the molecule is COc1ccc(CS(=O)(=O)/C(=C/c2c(F)c(F)c(F)c(F)c2F)C(N)=O)cc1. The fourth-order valence-corrected chi connectivity index (χ4v) is 3.60. The predicted octanol–water partition coefficient (Wildman–Crippen LogP) is 2.83. The number of halogens is 5. The number of nitrogens with two attached hydrogens (primary N) is 1. The van der Waals surface area contributed by atoms with Crippen LogP contribution in [0.25, 0.3) is 6.08 Å². The minimum absolute atomic E-state index is 0.0253. The lowest BCUT2D eigenvalue weighted by Crippen LogP contribution is -2.22. The highest BCUT2D eigenvalue weighted by Crippen LogP contribution is 2.27. The highest BCUT2D eigenvalue weighted by molar-refractivity contribution is 7.95. The van der Waals surface area contributed by atoms with E-state index in [-0.39, 0.29) is 11.6 Å². The average Bonchev–Trinajstić information content (AvgIpc) is 2.64. The number of rotatable bonds is 6. The molecule has 0 bridgehead atoms. The van der Waals surface area contributed by atoms with E-state index in [0.717, 1.165) is 0 Å². The Morgan fingerprint density at radius 2 is 1.43 bits per heavy atom. The number of amides is 1. The molecule has 0 unspecified atom stereocenters. The molecule has 0 aromatic heterocycles. The maximum absolute atomic E-state index is 13.8. The van der Waals surface area contributed by atoms with Crippen LogP contribution in [0.2, 0.25) is 0 Å². The average molecular weight is 421 g/mol. The summed E-state index contributed by atoms with van der Waals surface area (Å²) in [5, 5.41) is 0. The summed E-state index contributed by atoms with van der Waals surface area (Å²) >= 11 is 0. The van der Waals surface area contributed by atoms with Crippen LogP contribution in [0, 0.1) is 29.1 Å². The lowest BCUT2D eigenvalue weighted by Gasteiger charge is -2.09. The van der Waals surface area contributed by atoms with Crippen LogP contribution >= 0.6 is 0 Å². The summed E-state index contributed by atoms with van der Waals surface area (Å²) in [6.45, 7) is 0. The van der Waals surface area contributed by atoms with Crippen molar-refractivity contribution in [3.8, 4) is 5.75 Å². The molecule has 2 N–H and O–H groups in total. The molecule has 0 aliphatic rings. The van der Waals surface area contributed by atoms with Gasteiger partial charge < -0.3 is 10.5 Å². The van der Waals surface area contributed by atoms with Gasteiger partial charge in [-0.15, -0.1) is 0 Å². The van der Waals surface area contributed by atoms with Gasteiger partial charge in [0.2, 0.25) is 5.82 Å². The molecule has 0 aliphatic heterocycles. The minimum atomic E-state index is -4.59. The maximum Gasteiger partial charge on any atom is 0.260 e. The Morgan fingerprint density at radius 3 is 1.86 bits per heavy atom. The smallest absolute Gasteiger partial charge is 0.260 e. The molecule has 0 saturated heterocycles. The number of hydrogen-bond donors (Lipinski definition) is 1. The Balaban J connectivity index is 2.57. The largest absolute Gasteiger partial charge is 0.497 e. The molecule has 0 spiro atoms. The number of ether oxygens (including phenoxy) is 1. The lowest BCUT2D eigenvalue weighted by atomic mass is 10.1. The summed E-state index contributed by atoms with van der Waals surface area (Å²) in [7, 11) is -3.21. The van der Waals surface area contributed by atoms with Crippen molar-refractivity contribution < 1.29 is 39.9 Å². The summed E-state index contributed by atoms with van der Waals surface area (Å²) in [4.78, 5) is 10.2. The first kappa shape index (κ1) is 21.4. The Hall–Kier alpha value is -2.95. The van der Waals surface area contributed by atoms with E-state index in [0.29, 0.717) is 5.75 Å². The molecule has 0 atom stereocenters. The number of benzene rings is 2. The predicted molar refractivity (Wildman–Crippen MR) is 89.0 cm³/mol. The standard InChI is InChI=1S/C17H12F5NO4S/c1-27-9-4-2-8(3-5-9)7-28(25,26)11(17(23)24)6-10-12(18)14(20)16(22)15(21)13(10)19/h2-6H,7H2,1H3,(H2,23,24)/b11-6+. The zero-order valence-corrected chi connectivity index (χ0v) is 14.9. The normalized spacial score (nSPS) is 12.1. The molecule has 28 heavy (non-hydrogen) atoms. The third-order valence-corrected chi connectivity index (χ3v) is 5.32. The molecule has 2 aromatic rings. The molecule has 5 nitrogen and oxygen atoms in total. The Kier molecular flexibility index (Phi) is 6.07. The number of methoxy groups -OCH3 is 1. The second kappa shape index (κ2) is 7.97. The highest BCUT2D eigenvalue weighted by atomic mass is 32.2. The van der Waals surface area contributed by atoms with Gasteiger partial charge >= 0.3 is 0 Å². The van der Waals surface area contributed by atoms with Gasteiger partial charge in [0.1, 0.15) is 10.7 Å². The van der Waals surface area contributed by atoms with Gasteiger partial charge in [-0.2, -0.15) is 0 Å². The topological polar surface area (TPSA) is 86.5 Å². The lowest BCUT2D eigenvalue weighted by molar-refractivity contribution is -0.113. The summed E-state index contributed by atoms with van der Waals surface area (Å²) in [5.74, 6) is -13.6. The number of hydrogen-bond acceptors (Lipinski definition) is 4. The van der Waals surface area contributed by atoms with Crippen LogP contribution in [0.15, 0.2) is 29.2 Å². The summed E-state index contributed by atoms with van der Waals surface area (Å²) in [6.07, 6.45) is 0.0253. The van der Waals surface area contributed by atoms with E-state index >= 15 is 0 Å². The van der Waals surface area contributed by atoms with Crippen molar-refractivity contribution in [2.24, 2.45) is 5.73 Å². The van der Waals surface area contributed by atoms with Gasteiger partial charge in [0.05, 0.1) is 18.4 Å². The maximum atomic E-state index is 13.8. The van der Waals surface area contributed by atoms with Crippen LogP contribution in [0.1, 0.15) is 11.1 Å². The Morgan fingerprint density at radius 1 is 0.964 bits per heavy atom. The first-order chi connectivity index (χ1) is 13.0. The molecule has 1 amide bonds. The van der Waals surface area contributed by atoms with Gasteiger partial charge in [0.25, 0.3) is 5.91 Å². The van der Waals surface area contributed by atoms with Gasteiger partial charge in [-0.05, 0) is 23.8 Å². The number of sulfone groups is 1. The van der Waals surface area contributed by atoms with E-state index in [9.17, 15) is 35.2 Å². The first-order valence-electron chi connectivity index (χ1n) is 7.38. The minimum Gasteiger partial charge on any atom is -0.497 e. The van der Waals surface area contributed by atoms with Crippen molar-refractivity contribution in [3.05, 3.63) is 69.4 Å². The number of carbonyl (C=O) groups excluding carboxylic acids is 1. The monoisotopic (exact) mass is 421 g/mol. The van der Waals surface area contributed by atoms with Crippen LogP contribution < -0.4 is 10.5 Å². The molecule has 2 rings (SSSR count). The molecular formula is C17H12F5NO4S. The van der Waals surface area contributed by atoms with E-state index in [4.69, 9.17) is 10.5 Å². The van der Waals surface area contributed by atoms with Gasteiger partial charge in [0, 0.05) is 0 Å². The van der Waals surface area contributed by atoms with Gasteiger partial charge in [-0.1, -0.05) is 12.1 Å². The first-order valence-corrected chi connectivity index (χ1v) is 9.03. The Bertz CT molecular complexity index is 1040. The van der Waals surface area contributed by atoms with Crippen LogP contribution in [0.5, 0.6) is 5.75 Å². The zero-order chi connectivity index (χ0) is 21.2. The second-order valence-electron chi connectivity index (χ2n) is 5.46. The van der Waals surface area contributed by atoms with E-state index < -0.39 is 61.1 Å². The van der Waals surface area contributed by atoms with Crippen molar-refractivity contribution in [1.82, 2.24) is 0 Å². The second-order valence-corrected chi connectivity index (χ2v) is 7.42. The molecule has 11 heteroatoms. The van der Waals surface area contributed by atoms with Crippen LogP contribution in [-0.2, 0) is 20.4 Å². The van der Waals surface area contributed by atoms with E-state index in [1.54, 1.807) is 0 Å². The zero-order valence-electron chi connectivity index (χ0n) is 14.1. The fraction of sp³-hybridized carbons (Fsp3) is 0.118. The van der Waals surface area contributed by atoms with E-state index in [1.165, 1.54) is 31.4 Å². The van der Waals surface area contributed by atoms with Gasteiger partial charge in [-0.3, -0.25) is 4.79 Å². The molecule has 0 heterocycles. The van der Waals surface area contributed by atoms with Gasteiger partial charge in [-0.25, -0.2) is 30.4 Å². The summed E-state index contributed by atoms with van der Waals surface area (Å²) in [6, 6.07) is 5.52. The third-order valence-electron chi connectivity index (χ3n) is 3.61. The molecule has 0 radical (unpaired) electrons. The molecule has 0 fully saturated rings. The van der Waals surface area contributed by atoms with Crippen LogP contribution in [0.3, 0.4) is 0 Å².